The molecule has 3 heterocycles. The minimum absolute atomic E-state index is 0.0166. The zero-order chi connectivity index (χ0) is 21.4. The van der Waals surface area contributed by atoms with Gasteiger partial charge in [-0.05, 0) is 43.2 Å². The molecule has 0 unspecified atom stereocenters. The van der Waals surface area contributed by atoms with E-state index in [0.717, 1.165) is 39.3 Å². The van der Waals surface area contributed by atoms with E-state index in [1.807, 2.05) is 54.2 Å². The number of likely N-dealkylation sites (tertiary alicyclic amines) is 1. The third kappa shape index (κ3) is 4.09. The molecular formula is C21H24BrN5O2S. The summed E-state index contributed by atoms with van der Waals surface area (Å²) in [7, 11) is 3.93. The number of aromatic nitrogens is 2. The molecule has 2 amide bonds. The SMILES string of the molecule is CC(=O)NC1CCN(C(=O)c2cc3nc(N(C)C)n(-c4ccc(Br)cc4)c3s2)CC1. The van der Waals surface area contributed by atoms with Crippen molar-refractivity contribution in [1.82, 2.24) is 19.8 Å². The van der Waals surface area contributed by atoms with Crippen molar-refractivity contribution in [2.45, 2.75) is 25.8 Å². The molecular weight excluding hydrogens is 466 g/mol. The Bertz CT molecular complexity index is 1080. The highest BCUT2D eigenvalue weighted by atomic mass is 79.9. The van der Waals surface area contributed by atoms with E-state index in [0.29, 0.717) is 18.0 Å². The minimum atomic E-state index is -0.0166. The Morgan fingerprint density at radius 3 is 2.47 bits per heavy atom. The van der Waals surface area contributed by atoms with E-state index in [1.165, 1.54) is 18.3 Å². The fourth-order valence-corrected chi connectivity index (χ4v) is 5.11. The summed E-state index contributed by atoms with van der Waals surface area (Å²) in [5.41, 5.74) is 1.82. The second-order valence-corrected chi connectivity index (χ2v) is 9.63. The number of thiophene rings is 1. The number of amides is 2. The normalized spacial score (nSPS) is 14.9. The third-order valence-corrected chi connectivity index (χ3v) is 6.83. The van der Waals surface area contributed by atoms with Gasteiger partial charge in [-0.2, -0.15) is 0 Å². The second-order valence-electron chi connectivity index (χ2n) is 7.69. The van der Waals surface area contributed by atoms with Gasteiger partial charge in [0.2, 0.25) is 11.9 Å². The first kappa shape index (κ1) is 20.9. The van der Waals surface area contributed by atoms with E-state index in [2.05, 4.69) is 25.8 Å². The van der Waals surface area contributed by atoms with E-state index in [1.54, 1.807) is 0 Å². The van der Waals surface area contributed by atoms with Crippen molar-refractivity contribution in [2.24, 2.45) is 0 Å². The van der Waals surface area contributed by atoms with Gasteiger partial charge in [-0.25, -0.2) is 4.98 Å². The van der Waals surface area contributed by atoms with Crippen molar-refractivity contribution in [3.05, 3.63) is 39.7 Å². The maximum Gasteiger partial charge on any atom is 0.264 e. The summed E-state index contributed by atoms with van der Waals surface area (Å²) in [5.74, 6) is 0.846. The molecule has 1 aliphatic rings. The Hall–Kier alpha value is -2.39. The zero-order valence-corrected chi connectivity index (χ0v) is 19.6. The molecule has 1 aliphatic heterocycles. The molecule has 0 saturated carbocycles. The summed E-state index contributed by atoms with van der Waals surface area (Å²) in [5, 5.41) is 2.95. The minimum Gasteiger partial charge on any atom is -0.353 e. The van der Waals surface area contributed by atoms with E-state index in [-0.39, 0.29) is 17.9 Å². The number of rotatable bonds is 4. The van der Waals surface area contributed by atoms with Gasteiger partial charge in [0.25, 0.3) is 5.91 Å². The van der Waals surface area contributed by atoms with E-state index in [4.69, 9.17) is 4.98 Å². The predicted molar refractivity (Wildman–Crippen MR) is 124 cm³/mol. The Labute approximate surface area is 187 Å². The molecule has 30 heavy (non-hydrogen) atoms. The molecule has 3 aromatic rings. The molecule has 0 bridgehead atoms. The highest BCUT2D eigenvalue weighted by Gasteiger charge is 2.26. The van der Waals surface area contributed by atoms with Crippen LogP contribution >= 0.6 is 27.3 Å². The first-order valence-electron chi connectivity index (χ1n) is 9.85. The summed E-state index contributed by atoms with van der Waals surface area (Å²) in [4.78, 5) is 34.6. The van der Waals surface area contributed by atoms with E-state index >= 15 is 0 Å². The van der Waals surface area contributed by atoms with Gasteiger partial charge in [-0.3, -0.25) is 14.2 Å². The van der Waals surface area contributed by atoms with Gasteiger partial charge >= 0.3 is 0 Å². The van der Waals surface area contributed by atoms with Gasteiger partial charge in [0.1, 0.15) is 10.3 Å². The van der Waals surface area contributed by atoms with Crippen LogP contribution in [0.1, 0.15) is 29.4 Å². The standard InChI is InChI=1S/C21H24BrN5O2S/c1-13(28)23-15-8-10-26(11-9-15)19(29)18-12-17-20(30-18)27(21(24-17)25(2)3)16-6-4-14(22)5-7-16/h4-7,12,15H,8-11H2,1-3H3,(H,23,28). The predicted octanol–water partition coefficient (Wildman–Crippen LogP) is 3.66. The molecule has 1 N–H and O–H groups in total. The number of nitrogens with zero attached hydrogens (tertiary/aromatic N) is 4. The maximum absolute atomic E-state index is 13.1. The number of imidazole rings is 1. The average molecular weight is 490 g/mol. The van der Waals surface area contributed by atoms with Crippen molar-refractivity contribution < 1.29 is 9.59 Å². The average Bonchev–Trinajstić information content (AvgIpc) is 3.26. The molecule has 4 rings (SSSR count). The number of nitrogens with one attached hydrogen (secondary N) is 1. The van der Waals surface area contributed by atoms with Crippen molar-refractivity contribution in [1.29, 1.82) is 0 Å². The molecule has 0 spiro atoms. The number of hydrogen-bond donors (Lipinski definition) is 1. The largest absolute Gasteiger partial charge is 0.353 e. The quantitative estimate of drug-likeness (QED) is 0.606. The first-order chi connectivity index (χ1) is 14.3. The molecule has 9 heteroatoms. The van der Waals surface area contributed by atoms with Gasteiger partial charge in [0.05, 0.1) is 4.88 Å². The lowest BCUT2D eigenvalue weighted by Crippen LogP contribution is -2.45. The number of hydrogen-bond acceptors (Lipinski definition) is 5. The van der Waals surface area contributed by atoms with Crippen molar-refractivity contribution in [3.8, 4) is 5.69 Å². The first-order valence-corrected chi connectivity index (χ1v) is 11.5. The zero-order valence-electron chi connectivity index (χ0n) is 17.2. The number of halogens is 1. The molecule has 1 fully saturated rings. The van der Waals surface area contributed by atoms with E-state index < -0.39 is 0 Å². The Balaban J connectivity index is 1.62. The van der Waals surface area contributed by atoms with Crippen LogP contribution in [0.4, 0.5) is 5.95 Å². The molecule has 7 nitrogen and oxygen atoms in total. The highest BCUT2D eigenvalue weighted by Crippen LogP contribution is 2.34. The molecule has 158 valence electrons. The van der Waals surface area contributed by atoms with Crippen molar-refractivity contribution in [3.63, 3.8) is 0 Å². The van der Waals surface area contributed by atoms with Crippen molar-refractivity contribution in [2.75, 3.05) is 32.1 Å². The number of fused-ring (bicyclic) bond motifs is 1. The molecule has 0 aliphatic carbocycles. The second kappa shape index (κ2) is 8.39. The fraction of sp³-hybridized carbons (Fsp3) is 0.381. The van der Waals surface area contributed by atoms with E-state index in [9.17, 15) is 9.59 Å². The fourth-order valence-electron chi connectivity index (χ4n) is 3.76. The molecule has 1 saturated heterocycles. The number of carbonyl (C=O) groups is 2. The smallest absolute Gasteiger partial charge is 0.264 e. The van der Waals surface area contributed by atoms with Crippen LogP contribution in [0, 0.1) is 0 Å². The van der Waals surface area contributed by atoms with Crippen LogP contribution in [0.2, 0.25) is 0 Å². The van der Waals surface area contributed by atoms with Crippen LogP contribution in [0.15, 0.2) is 34.8 Å². The van der Waals surface area contributed by atoms with Crippen LogP contribution in [0.3, 0.4) is 0 Å². The third-order valence-electron chi connectivity index (χ3n) is 5.20. The monoisotopic (exact) mass is 489 g/mol. The summed E-state index contributed by atoms with van der Waals surface area (Å²) in [6.07, 6.45) is 1.56. The van der Waals surface area contributed by atoms with Crippen molar-refractivity contribution >= 4 is 55.4 Å². The number of benzene rings is 1. The molecule has 0 radical (unpaired) electrons. The van der Waals surface area contributed by atoms with Gasteiger partial charge in [-0.1, -0.05) is 15.9 Å². The van der Waals surface area contributed by atoms with Crippen LogP contribution in [0.5, 0.6) is 0 Å². The summed E-state index contributed by atoms with van der Waals surface area (Å²) >= 11 is 4.96. The summed E-state index contributed by atoms with van der Waals surface area (Å²) < 4.78 is 3.10. The van der Waals surface area contributed by atoms with Gasteiger partial charge in [0.15, 0.2) is 0 Å². The maximum atomic E-state index is 13.1. The number of anilines is 1. The topological polar surface area (TPSA) is 70.5 Å². The van der Waals surface area contributed by atoms with Crippen LogP contribution in [-0.4, -0.2) is 59.5 Å². The lowest BCUT2D eigenvalue weighted by atomic mass is 10.0. The van der Waals surface area contributed by atoms with Gasteiger partial charge in [0, 0.05) is 50.3 Å². The Kier molecular flexibility index (Phi) is 5.84. The number of piperidine rings is 1. The van der Waals surface area contributed by atoms with Crippen LogP contribution < -0.4 is 10.2 Å². The van der Waals surface area contributed by atoms with Crippen LogP contribution in [-0.2, 0) is 4.79 Å². The van der Waals surface area contributed by atoms with Crippen LogP contribution in [0.25, 0.3) is 16.0 Å². The number of carbonyl (C=O) groups excluding carboxylic acids is 2. The molecule has 1 aromatic carbocycles. The molecule has 2 aromatic heterocycles. The summed E-state index contributed by atoms with van der Waals surface area (Å²) in [6.45, 7) is 2.83. The molecule has 0 atom stereocenters. The Morgan fingerprint density at radius 1 is 1.20 bits per heavy atom. The Morgan fingerprint density at radius 2 is 1.87 bits per heavy atom. The van der Waals surface area contributed by atoms with Gasteiger partial charge < -0.3 is 15.1 Å². The lowest BCUT2D eigenvalue weighted by molar-refractivity contribution is -0.119. The highest BCUT2D eigenvalue weighted by molar-refractivity contribution is 9.10. The summed E-state index contributed by atoms with van der Waals surface area (Å²) in [6, 6.07) is 10.1. The lowest BCUT2D eigenvalue weighted by Gasteiger charge is -2.31. The van der Waals surface area contributed by atoms with Gasteiger partial charge in [-0.15, -0.1) is 11.3 Å².